The predicted octanol–water partition coefficient (Wildman–Crippen LogP) is 2.95. The molecule has 0 atom stereocenters. The maximum atomic E-state index is 6.16. The predicted molar refractivity (Wildman–Crippen MR) is 75.9 cm³/mol. The first-order chi connectivity index (χ1) is 8.69. The summed E-state index contributed by atoms with van der Waals surface area (Å²) >= 11 is 12.0. The van der Waals surface area contributed by atoms with Crippen LogP contribution in [0.4, 0.5) is 0 Å². The molecule has 2 N–H and O–H groups in total. The summed E-state index contributed by atoms with van der Waals surface area (Å²) in [4.78, 5) is 6.51. The molecule has 0 radical (unpaired) electrons. The van der Waals surface area contributed by atoms with Gasteiger partial charge in [0.25, 0.3) is 0 Å². The third-order valence-corrected chi connectivity index (χ3v) is 4.13. The molecule has 2 heterocycles. The lowest BCUT2D eigenvalue weighted by Gasteiger charge is -2.31. The molecule has 1 fully saturated rings. The second kappa shape index (κ2) is 6.71. The molecule has 1 aromatic rings. The Bertz CT molecular complexity index is 390. The van der Waals surface area contributed by atoms with Crippen LogP contribution in [0.25, 0.3) is 0 Å². The highest BCUT2D eigenvalue weighted by Crippen LogP contribution is 2.24. The Labute approximate surface area is 118 Å². The zero-order valence-electron chi connectivity index (χ0n) is 10.4. The minimum absolute atomic E-state index is 0.449. The van der Waals surface area contributed by atoms with Crippen LogP contribution in [0.2, 0.25) is 10.2 Å². The molecule has 1 aromatic heterocycles. The van der Waals surface area contributed by atoms with Crippen molar-refractivity contribution < 1.29 is 0 Å². The highest BCUT2D eigenvalue weighted by atomic mass is 35.5. The van der Waals surface area contributed by atoms with Crippen LogP contribution in [0.3, 0.4) is 0 Å². The summed E-state index contributed by atoms with van der Waals surface area (Å²) in [6.45, 7) is 3.89. The molecule has 0 spiro atoms. The summed E-state index contributed by atoms with van der Waals surface area (Å²) in [6.07, 6.45) is 5.39. The lowest BCUT2D eigenvalue weighted by Crippen LogP contribution is -2.33. The van der Waals surface area contributed by atoms with Crippen LogP contribution in [0, 0.1) is 5.92 Å². The topological polar surface area (TPSA) is 42.1 Å². The third kappa shape index (κ3) is 3.82. The van der Waals surface area contributed by atoms with E-state index in [9.17, 15) is 0 Å². The minimum atomic E-state index is 0.449. The van der Waals surface area contributed by atoms with Crippen molar-refractivity contribution in [2.24, 2.45) is 11.7 Å². The van der Waals surface area contributed by atoms with Gasteiger partial charge in [-0.15, -0.1) is 0 Å². The van der Waals surface area contributed by atoms with Gasteiger partial charge in [0.2, 0.25) is 0 Å². The number of nitrogens with zero attached hydrogens (tertiary/aromatic N) is 2. The van der Waals surface area contributed by atoms with E-state index in [1.54, 1.807) is 12.3 Å². The lowest BCUT2D eigenvalue weighted by atomic mass is 9.93. The number of aromatic nitrogens is 1. The van der Waals surface area contributed by atoms with Gasteiger partial charge >= 0.3 is 0 Å². The Morgan fingerprint density at radius 3 is 2.67 bits per heavy atom. The maximum Gasteiger partial charge on any atom is 0.130 e. The first-order valence-corrected chi connectivity index (χ1v) is 7.17. The van der Waals surface area contributed by atoms with Gasteiger partial charge in [-0.2, -0.15) is 0 Å². The Kier molecular flexibility index (Phi) is 5.25. The molecular weight excluding hydrogens is 269 g/mol. The van der Waals surface area contributed by atoms with E-state index in [1.165, 1.54) is 12.8 Å². The SMILES string of the molecule is NCCC1CCN(Cc2cnc(Cl)cc2Cl)CC1. The fourth-order valence-corrected chi connectivity index (χ4v) is 2.89. The molecule has 0 amide bonds. The first-order valence-electron chi connectivity index (χ1n) is 6.41. The highest BCUT2D eigenvalue weighted by Gasteiger charge is 2.19. The van der Waals surface area contributed by atoms with Crippen molar-refractivity contribution in [2.75, 3.05) is 19.6 Å². The van der Waals surface area contributed by atoms with Crippen LogP contribution in [0.5, 0.6) is 0 Å². The van der Waals surface area contributed by atoms with E-state index in [-0.39, 0.29) is 0 Å². The van der Waals surface area contributed by atoms with E-state index in [0.717, 1.165) is 44.1 Å². The monoisotopic (exact) mass is 287 g/mol. The van der Waals surface area contributed by atoms with Gasteiger partial charge in [0, 0.05) is 23.3 Å². The van der Waals surface area contributed by atoms with Gasteiger partial charge < -0.3 is 5.73 Å². The molecule has 1 saturated heterocycles. The number of pyridine rings is 1. The van der Waals surface area contributed by atoms with Gasteiger partial charge in [0.15, 0.2) is 0 Å². The van der Waals surface area contributed by atoms with E-state index in [2.05, 4.69) is 9.88 Å². The lowest BCUT2D eigenvalue weighted by molar-refractivity contribution is 0.173. The number of halogens is 2. The second-order valence-corrected chi connectivity index (χ2v) is 5.69. The fourth-order valence-electron chi connectivity index (χ4n) is 2.46. The number of piperidine rings is 1. The average Bonchev–Trinajstić information content (AvgIpc) is 2.35. The zero-order chi connectivity index (χ0) is 13.0. The molecular formula is C13H19Cl2N3. The van der Waals surface area contributed by atoms with Crippen molar-refractivity contribution in [3.8, 4) is 0 Å². The van der Waals surface area contributed by atoms with E-state index in [0.29, 0.717) is 10.2 Å². The summed E-state index contributed by atoms with van der Waals surface area (Å²) in [5.74, 6) is 0.796. The Balaban J connectivity index is 1.87. The van der Waals surface area contributed by atoms with Crippen molar-refractivity contribution in [2.45, 2.75) is 25.8 Å². The molecule has 0 unspecified atom stereocenters. The summed E-state index contributed by atoms with van der Waals surface area (Å²) in [5, 5.41) is 1.16. The molecule has 1 aliphatic rings. The van der Waals surface area contributed by atoms with Crippen LogP contribution >= 0.6 is 23.2 Å². The van der Waals surface area contributed by atoms with E-state index in [1.807, 2.05) is 0 Å². The van der Waals surface area contributed by atoms with Crippen LogP contribution in [-0.4, -0.2) is 29.5 Å². The Hall–Kier alpha value is -0.350. The van der Waals surface area contributed by atoms with Crippen LogP contribution in [-0.2, 0) is 6.54 Å². The first kappa shape index (κ1) is 14.1. The number of hydrogen-bond donors (Lipinski definition) is 1. The molecule has 100 valence electrons. The molecule has 0 bridgehead atoms. The summed E-state index contributed by atoms with van der Waals surface area (Å²) < 4.78 is 0. The molecule has 0 aromatic carbocycles. The zero-order valence-corrected chi connectivity index (χ0v) is 11.9. The van der Waals surface area contributed by atoms with Crippen LogP contribution in [0.15, 0.2) is 12.3 Å². The van der Waals surface area contributed by atoms with Gasteiger partial charge in [-0.3, -0.25) is 4.90 Å². The second-order valence-electron chi connectivity index (χ2n) is 4.90. The van der Waals surface area contributed by atoms with Crippen molar-refractivity contribution >= 4 is 23.2 Å². The van der Waals surface area contributed by atoms with Gasteiger partial charge in [-0.05, 0) is 50.9 Å². The van der Waals surface area contributed by atoms with Gasteiger partial charge in [-0.25, -0.2) is 4.98 Å². The summed E-state index contributed by atoms with van der Waals surface area (Å²) in [7, 11) is 0. The number of likely N-dealkylation sites (tertiary alicyclic amines) is 1. The van der Waals surface area contributed by atoms with Crippen molar-refractivity contribution in [1.29, 1.82) is 0 Å². The van der Waals surface area contributed by atoms with Crippen molar-refractivity contribution in [1.82, 2.24) is 9.88 Å². The quantitative estimate of drug-likeness (QED) is 0.866. The molecule has 1 aliphatic heterocycles. The molecule has 0 saturated carbocycles. The summed E-state index contributed by atoms with van der Waals surface area (Å²) in [5.41, 5.74) is 6.65. The minimum Gasteiger partial charge on any atom is -0.330 e. The van der Waals surface area contributed by atoms with E-state index < -0.39 is 0 Å². The Morgan fingerprint density at radius 2 is 2.06 bits per heavy atom. The maximum absolute atomic E-state index is 6.16. The molecule has 18 heavy (non-hydrogen) atoms. The number of hydrogen-bond acceptors (Lipinski definition) is 3. The van der Waals surface area contributed by atoms with Crippen LogP contribution < -0.4 is 5.73 Å². The average molecular weight is 288 g/mol. The van der Waals surface area contributed by atoms with E-state index >= 15 is 0 Å². The Morgan fingerprint density at radius 1 is 1.33 bits per heavy atom. The van der Waals surface area contributed by atoms with Crippen molar-refractivity contribution in [3.63, 3.8) is 0 Å². The summed E-state index contributed by atoms with van der Waals surface area (Å²) in [6, 6.07) is 1.71. The van der Waals surface area contributed by atoms with E-state index in [4.69, 9.17) is 28.9 Å². The fraction of sp³-hybridized carbons (Fsp3) is 0.615. The molecule has 0 aliphatic carbocycles. The van der Waals surface area contributed by atoms with Crippen LogP contribution in [0.1, 0.15) is 24.8 Å². The molecule has 5 heteroatoms. The van der Waals surface area contributed by atoms with Gasteiger partial charge in [0.05, 0.1) is 0 Å². The number of rotatable bonds is 4. The van der Waals surface area contributed by atoms with Gasteiger partial charge in [0.1, 0.15) is 5.15 Å². The molecule has 3 nitrogen and oxygen atoms in total. The third-order valence-electron chi connectivity index (χ3n) is 3.57. The van der Waals surface area contributed by atoms with Crippen molar-refractivity contribution in [3.05, 3.63) is 28.0 Å². The number of nitrogens with two attached hydrogens (primary N) is 1. The standard InChI is InChI=1S/C13H19Cl2N3/c14-12-7-13(15)17-8-11(12)9-18-5-2-10(1-4-16)3-6-18/h7-8,10H,1-6,9,16H2. The van der Waals surface area contributed by atoms with Gasteiger partial charge in [-0.1, -0.05) is 23.2 Å². The smallest absolute Gasteiger partial charge is 0.130 e. The normalized spacial score (nSPS) is 18.2. The molecule has 2 rings (SSSR count). The largest absolute Gasteiger partial charge is 0.330 e. The highest BCUT2D eigenvalue weighted by molar-refractivity contribution is 6.34.